The van der Waals surface area contributed by atoms with Crippen LogP contribution in [0, 0.1) is 17.6 Å². The molecule has 1 aromatic heterocycles. The SMILES string of the molecule is O=C(CCC1CCNCC1)Nc1nc2cc(F)c(F)cc2s1. The van der Waals surface area contributed by atoms with Crippen molar-refractivity contribution < 1.29 is 13.6 Å². The Hall–Kier alpha value is -1.60. The number of fused-ring (bicyclic) bond motifs is 1. The van der Waals surface area contributed by atoms with Crippen LogP contribution in [0.5, 0.6) is 0 Å². The number of benzene rings is 1. The average molecular weight is 325 g/mol. The van der Waals surface area contributed by atoms with Crippen LogP contribution in [0.4, 0.5) is 13.9 Å². The molecule has 3 rings (SSSR count). The Bertz CT molecular complexity index is 644. The minimum absolute atomic E-state index is 0.0986. The number of carbonyl (C=O) groups excluding carboxylic acids is 1. The second kappa shape index (κ2) is 6.66. The fourth-order valence-electron chi connectivity index (χ4n) is 2.66. The summed E-state index contributed by atoms with van der Waals surface area (Å²) in [5.74, 6) is -1.34. The van der Waals surface area contributed by atoms with Gasteiger partial charge in [0.05, 0.1) is 10.2 Å². The highest BCUT2D eigenvalue weighted by Gasteiger charge is 2.16. The molecule has 1 amide bonds. The predicted molar refractivity (Wildman–Crippen MR) is 83.0 cm³/mol. The first-order valence-electron chi connectivity index (χ1n) is 7.38. The molecule has 0 saturated carbocycles. The summed E-state index contributed by atoms with van der Waals surface area (Å²) in [7, 11) is 0. The minimum atomic E-state index is -0.929. The van der Waals surface area contributed by atoms with Gasteiger partial charge >= 0.3 is 0 Å². The number of amides is 1. The molecule has 0 bridgehead atoms. The molecule has 2 aromatic rings. The number of piperidine rings is 1. The molecule has 0 unspecified atom stereocenters. The molecule has 2 heterocycles. The number of halogens is 2. The van der Waals surface area contributed by atoms with Gasteiger partial charge in [-0.25, -0.2) is 13.8 Å². The van der Waals surface area contributed by atoms with Gasteiger partial charge in [-0.2, -0.15) is 0 Å². The Balaban J connectivity index is 1.59. The van der Waals surface area contributed by atoms with Gasteiger partial charge in [0.1, 0.15) is 0 Å². The topological polar surface area (TPSA) is 54.0 Å². The van der Waals surface area contributed by atoms with Crippen LogP contribution in [0.15, 0.2) is 12.1 Å². The Morgan fingerprint density at radius 2 is 2.05 bits per heavy atom. The van der Waals surface area contributed by atoms with Crippen LogP contribution in [-0.4, -0.2) is 24.0 Å². The first kappa shape index (κ1) is 15.3. The molecule has 2 N–H and O–H groups in total. The quantitative estimate of drug-likeness (QED) is 0.907. The highest BCUT2D eigenvalue weighted by Crippen LogP contribution is 2.28. The number of anilines is 1. The van der Waals surface area contributed by atoms with Crippen molar-refractivity contribution in [2.75, 3.05) is 18.4 Å². The summed E-state index contributed by atoms with van der Waals surface area (Å²) in [6.45, 7) is 2.03. The number of nitrogens with one attached hydrogen (secondary N) is 2. The predicted octanol–water partition coefficient (Wildman–Crippen LogP) is 3.29. The lowest BCUT2D eigenvalue weighted by Gasteiger charge is -2.21. The van der Waals surface area contributed by atoms with Crippen LogP contribution in [-0.2, 0) is 4.79 Å². The second-order valence-electron chi connectivity index (χ2n) is 5.53. The first-order chi connectivity index (χ1) is 10.6. The van der Waals surface area contributed by atoms with Gasteiger partial charge < -0.3 is 10.6 Å². The monoisotopic (exact) mass is 325 g/mol. The van der Waals surface area contributed by atoms with Gasteiger partial charge in [0, 0.05) is 12.5 Å². The van der Waals surface area contributed by atoms with Crippen molar-refractivity contribution in [1.29, 1.82) is 0 Å². The molecule has 1 fully saturated rings. The number of aromatic nitrogens is 1. The van der Waals surface area contributed by atoms with Gasteiger partial charge in [-0.15, -0.1) is 0 Å². The van der Waals surface area contributed by atoms with E-state index < -0.39 is 11.6 Å². The Morgan fingerprint density at radius 1 is 1.32 bits per heavy atom. The van der Waals surface area contributed by atoms with Crippen LogP contribution in [0.1, 0.15) is 25.7 Å². The number of hydrogen-bond acceptors (Lipinski definition) is 4. The summed E-state index contributed by atoms with van der Waals surface area (Å²) in [5, 5.41) is 6.40. The van der Waals surface area contributed by atoms with Crippen molar-refractivity contribution in [1.82, 2.24) is 10.3 Å². The third-order valence-corrected chi connectivity index (χ3v) is 4.85. The van der Waals surface area contributed by atoms with Gasteiger partial charge in [0.2, 0.25) is 5.91 Å². The van der Waals surface area contributed by atoms with E-state index in [1.54, 1.807) is 0 Å². The summed E-state index contributed by atoms with van der Waals surface area (Å²) in [6.07, 6.45) is 3.52. The van der Waals surface area contributed by atoms with Crippen LogP contribution < -0.4 is 10.6 Å². The van der Waals surface area contributed by atoms with Crippen molar-refractivity contribution in [3.8, 4) is 0 Å². The Kier molecular flexibility index (Phi) is 4.63. The van der Waals surface area contributed by atoms with Gasteiger partial charge in [-0.1, -0.05) is 11.3 Å². The fraction of sp³-hybridized carbons (Fsp3) is 0.467. The molecule has 1 aliphatic rings. The van der Waals surface area contributed by atoms with E-state index >= 15 is 0 Å². The van der Waals surface area contributed by atoms with Crippen molar-refractivity contribution in [3.63, 3.8) is 0 Å². The lowest BCUT2D eigenvalue weighted by atomic mass is 9.93. The van der Waals surface area contributed by atoms with Crippen LogP contribution in [0.25, 0.3) is 10.2 Å². The molecule has 118 valence electrons. The molecular formula is C15H17F2N3OS. The standard InChI is InChI=1S/C15H17F2N3OS/c16-10-7-12-13(8-11(10)17)22-15(19-12)20-14(21)2-1-9-3-5-18-6-4-9/h7-9,18H,1-6H2,(H,19,20,21). The number of rotatable bonds is 4. The van der Waals surface area contributed by atoms with E-state index in [1.807, 2.05) is 0 Å². The fourth-order valence-corrected chi connectivity index (χ4v) is 3.55. The maximum absolute atomic E-state index is 13.2. The maximum atomic E-state index is 13.2. The highest BCUT2D eigenvalue weighted by molar-refractivity contribution is 7.22. The van der Waals surface area contributed by atoms with E-state index in [4.69, 9.17) is 0 Å². The Labute approximate surface area is 130 Å². The van der Waals surface area contributed by atoms with E-state index in [2.05, 4.69) is 15.6 Å². The third-order valence-electron chi connectivity index (χ3n) is 3.92. The molecule has 0 spiro atoms. The molecule has 22 heavy (non-hydrogen) atoms. The van der Waals surface area contributed by atoms with E-state index in [-0.39, 0.29) is 5.91 Å². The van der Waals surface area contributed by atoms with Crippen LogP contribution >= 0.6 is 11.3 Å². The number of thiazole rings is 1. The summed E-state index contributed by atoms with van der Waals surface area (Å²) in [5.41, 5.74) is 0.359. The molecule has 1 aliphatic heterocycles. The number of carbonyl (C=O) groups is 1. The lowest BCUT2D eigenvalue weighted by Crippen LogP contribution is -2.28. The lowest BCUT2D eigenvalue weighted by molar-refractivity contribution is -0.116. The number of hydrogen-bond donors (Lipinski definition) is 2. The smallest absolute Gasteiger partial charge is 0.226 e. The summed E-state index contributed by atoms with van der Waals surface area (Å²) in [6, 6.07) is 2.15. The largest absolute Gasteiger partial charge is 0.317 e. The Morgan fingerprint density at radius 3 is 2.82 bits per heavy atom. The molecule has 0 radical (unpaired) electrons. The zero-order valence-electron chi connectivity index (χ0n) is 12.0. The molecule has 7 heteroatoms. The normalized spacial score (nSPS) is 16.1. The first-order valence-corrected chi connectivity index (χ1v) is 8.19. The minimum Gasteiger partial charge on any atom is -0.317 e. The van der Waals surface area contributed by atoms with E-state index in [0.29, 0.717) is 27.7 Å². The van der Waals surface area contributed by atoms with Gasteiger partial charge in [-0.05, 0) is 44.3 Å². The second-order valence-corrected chi connectivity index (χ2v) is 6.56. The molecule has 1 aromatic carbocycles. The molecular weight excluding hydrogens is 308 g/mol. The van der Waals surface area contributed by atoms with Crippen molar-refractivity contribution >= 4 is 32.6 Å². The van der Waals surface area contributed by atoms with Gasteiger partial charge in [0.25, 0.3) is 0 Å². The van der Waals surface area contributed by atoms with Crippen molar-refractivity contribution in [2.24, 2.45) is 5.92 Å². The summed E-state index contributed by atoms with van der Waals surface area (Å²) < 4.78 is 26.8. The molecule has 0 atom stereocenters. The van der Waals surface area contributed by atoms with Crippen LogP contribution in [0.3, 0.4) is 0 Å². The van der Waals surface area contributed by atoms with Crippen molar-refractivity contribution in [2.45, 2.75) is 25.7 Å². The van der Waals surface area contributed by atoms with E-state index in [1.165, 1.54) is 0 Å². The zero-order valence-corrected chi connectivity index (χ0v) is 12.8. The molecule has 1 saturated heterocycles. The molecule has 0 aliphatic carbocycles. The molecule has 4 nitrogen and oxygen atoms in total. The summed E-state index contributed by atoms with van der Waals surface area (Å²) >= 11 is 1.15. The van der Waals surface area contributed by atoms with Gasteiger partial charge in [-0.3, -0.25) is 4.79 Å². The summed E-state index contributed by atoms with van der Waals surface area (Å²) in [4.78, 5) is 16.1. The van der Waals surface area contributed by atoms with E-state index in [9.17, 15) is 13.6 Å². The zero-order chi connectivity index (χ0) is 15.5. The van der Waals surface area contributed by atoms with Crippen LogP contribution in [0.2, 0.25) is 0 Å². The van der Waals surface area contributed by atoms with Gasteiger partial charge in [0.15, 0.2) is 16.8 Å². The third kappa shape index (κ3) is 3.59. The maximum Gasteiger partial charge on any atom is 0.226 e. The van der Waals surface area contributed by atoms with E-state index in [0.717, 1.165) is 55.8 Å². The average Bonchev–Trinajstić information content (AvgIpc) is 2.88. The van der Waals surface area contributed by atoms with Crippen molar-refractivity contribution in [3.05, 3.63) is 23.8 Å². The highest BCUT2D eigenvalue weighted by atomic mass is 32.1. The number of nitrogens with zero attached hydrogens (tertiary/aromatic N) is 1.